The topological polar surface area (TPSA) is 42.6 Å². The molecule has 0 amide bonds. The second kappa shape index (κ2) is 4.69. The summed E-state index contributed by atoms with van der Waals surface area (Å²) in [6.45, 7) is 4.29. The molecule has 2 rings (SSSR count). The summed E-state index contributed by atoms with van der Waals surface area (Å²) in [7, 11) is 0. The number of para-hydroxylation sites is 1. The Balaban J connectivity index is 2.39. The fourth-order valence-electron chi connectivity index (χ4n) is 1.66. The third-order valence-corrected chi connectivity index (χ3v) is 2.91. The molecule has 4 heteroatoms. The lowest BCUT2D eigenvalue weighted by Crippen LogP contribution is -2.27. The van der Waals surface area contributed by atoms with Gasteiger partial charge in [-0.3, -0.25) is 0 Å². The Bertz CT molecular complexity index is 516. The van der Waals surface area contributed by atoms with Gasteiger partial charge in [0.25, 0.3) is 0 Å². The van der Waals surface area contributed by atoms with Crippen molar-refractivity contribution in [1.82, 2.24) is 0 Å². The molecular weight excluding hydrogens is 240 g/mol. The fraction of sp³-hybridized carbons (Fsp3) is 0.385. The van der Waals surface area contributed by atoms with Crippen molar-refractivity contribution in [2.75, 3.05) is 13.2 Å². The Morgan fingerprint density at radius 1 is 1.47 bits per heavy atom. The van der Waals surface area contributed by atoms with Crippen LogP contribution in [0.2, 0.25) is 5.02 Å². The van der Waals surface area contributed by atoms with E-state index < -0.39 is 5.60 Å². The Labute approximate surface area is 105 Å². The highest BCUT2D eigenvalue weighted by molar-refractivity contribution is 6.34. The van der Waals surface area contributed by atoms with E-state index in [0.29, 0.717) is 23.0 Å². The van der Waals surface area contributed by atoms with E-state index in [2.05, 4.69) is 0 Å². The lowest BCUT2D eigenvalue weighted by molar-refractivity contribution is -0.0470. The van der Waals surface area contributed by atoms with E-state index in [-0.39, 0.29) is 6.61 Å². The molecule has 1 aromatic heterocycles. The van der Waals surface area contributed by atoms with Gasteiger partial charge in [-0.05, 0) is 26.0 Å². The van der Waals surface area contributed by atoms with Crippen LogP contribution in [0.15, 0.2) is 28.7 Å². The van der Waals surface area contributed by atoms with E-state index in [0.717, 1.165) is 5.39 Å². The van der Waals surface area contributed by atoms with Crippen LogP contribution in [0.25, 0.3) is 11.0 Å². The number of halogens is 1. The normalized spacial score (nSPS) is 15.1. The highest BCUT2D eigenvalue weighted by Crippen LogP contribution is 2.31. The van der Waals surface area contributed by atoms with Crippen molar-refractivity contribution in [2.24, 2.45) is 0 Å². The molecule has 1 N–H and O–H groups in total. The van der Waals surface area contributed by atoms with Gasteiger partial charge < -0.3 is 14.3 Å². The Morgan fingerprint density at radius 3 is 2.88 bits per heavy atom. The smallest absolute Gasteiger partial charge is 0.153 e. The first-order valence-corrected chi connectivity index (χ1v) is 5.91. The first kappa shape index (κ1) is 12.4. The van der Waals surface area contributed by atoms with E-state index >= 15 is 0 Å². The summed E-state index contributed by atoms with van der Waals surface area (Å²) in [5, 5.41) is 11.7. The number of benzene rings is 1. The Morgan fingerprint density at radius 2 is 2.24 bits per heavy atom. The molecule has 0 aliphatic carbocycles. The molecule has 0 fully saturated rings. The minimum Gasteiger partial charge on any atom is -0.456 e. The first-order valence-electron chi connectivity index (χ1n) is 5.53. The van der Waals surface area contributed by atoms with Gasteiger partial charge in [0.1, 0.15) is 11.4 Å². The second-order valence-corrected chi connectivity index (χ2v) is 4.59. The molecule has 1 atom stereocenters. The van der Waals surface area contributed by atoms with Crippen LogP contribution in [0.4, 0.5) is 0 Å². The molecule has 0 spiro atoms. The van der Waals surface area contributed by atoms with Gasteiger partial charge in [-0.25, -0.2) is 0 Å². The predicted molar refractivity (Wildman–Crippen MR) is 67.3 cm³/mol. The largest absolute Gasteiger partial charge is 0.456 e. The van der Waals surface area contributed by atoms with Crippen molar-refractivity contribution in [2.45, 2.75) is 19.4 Å². The quantitative estimate of drug-likeness (QED) is 0.910. The third kappa shape index (κ3) is 2.46. The van der Waals surface area contributed by atoms with Crippen molar-refractivity contribution < 1.29 is 14.3 Å². The van der Waals surface area contributed by atoms with Crippen LogP contribution in [0, 0.1) is 0 Å². The van der Waals surface area contributed by atoms with E-state index in [1.54, 1.807) is 19.1 Å². The van der Waals surface area contributed by atoms with Crippen molar-refractivity contribution in [1.29, 1.82) is 0 Å². The minimum absolute atomic E-state index is 0.195. The first-order chi connectivity index (χ1) is 8.04. The summed E-state index contributed by atoms with van der Waals surface area (Å²) in [4.78, 5) is 0. The fourth-order valence-corrected chi connectivity index (χ4v) is 1.89. The van der Waals surface area contributed by atoms with Gasteiger partial charge in [0, 0.05) is 12.0 Å². The molecule has 0 saturated heterocycles. The number of rotatable bonds is 4. The summed E-state index contributed by atoms with van der Waals surface area (Å²) in [6.07, 6.45) is 0. The van der Waals surface area contributed by atoms with Gasteiger partial charge in [0.15, 0.2) is 5.58 Å². The molecule has 17 heavy (non-hydrogen) atoms. The molecule has 1 aromatic carbocycles. The molecule has 0 saturated carbocycles. The maximum Gasteiger partial charge on any atom is 0.153 e. The van der Waals surface area contributed by atoms with Crippen molar-refractivity contribution in [3.63, 3.8) is 0 Å². The number of fused-ring (bicyclic) bond motifs is 1. The van der Waals surface area contributed by atoms with E-state index in [1.807, 2.05) is 19.1 Å². The highest BCUT2D eigenvalue weighted by Gasteiger charge is 2.28. The van der Waals surface area contributed by atoms with Gasteiger partial charge in [-0.1, -0.05) is 23.7 Å². The van der Waals surface area contributed by atoms with Crippen LogP contribution >= 0.6 is 11.6 Å². The molecule has 2 aromatic rings. The van der Waals surface area contributed by atoms with Gasteiger partial charge in [-0.2, -0.15) is 0 Å². The van der Waals surface area contributed by atoms with Gasteiger partial charge in [0.05, 0.1) is 11.6 Å². The summed E-state index contributed by atoms with van der Waals surface area (Å²) >= 11 is 6.02. The van der Waals surface area contributed by atoms with Crippen molar-refractivity contribution in [3.05, 3.63) is 35.0 Å². The van der Waals surface area contributed by atoms with Crippen LogP contribution in [0.5, 0.6) is 0 Å². The molecule has 0 bridgehead atoms. The average Bonchev–Trinajstić information content (AvgIpc) is 2.72. The zero-order valence-electron chi connectivity index (χ0n) is 9.87. The number of ether oxygens (including phenoxy) is 1. The summed E-state index contributed by atoms with van der Waals surface area (Å²) in [6, 6.07) is 7.29. The number of hydrogen-bond acceptors (Lipinski definition) is 3. The molecule has 1 unspecified atom stereocenters. The summed E-state index contributed by atoms with van der Waals surface area (Å²) in [5.41, 5.74) is -0.542. The predicted octanol–water partition coefficient (Wildman–Crippen LogP) is 3.33. The summed E-state index contributed by atoms with van der Waals surface area (Å²) in [5.74, 6) is 0.467. The number of hydrogen-bond donors (Lipinski definition) is 1. The van der Waals surface area contributed by atoms with Crippen LogP contribution in [0.1, 0.15) is 19.6 Å². The Hall–Kier alpha value is -1.03. The summed E-state index contributed by atoms with van der Waals surface area (Å²) < 4.78 is 10.8. The SMILES string of the molecule is CCOCC(C)(O)c1cc2cccc(Cl)c2o1. The van der Waals surface area contributed by atoms with Gasteiger partial charge >= 0.3 is 0 Å². The lowest BCUT2D eigenvalue weighted by atomic mass is 10.1. The molecule has 0 aliphatic rings. The monoisotopic (exact) mass is 254 g/mol. The van der Waals surface area contributed by atoms with Crippen LogP contribution < -0.4 is 0 Å². The average molecular weight is 255 g/mol. The maximum absolute atomic E-state index is 10.2. The van der Waals surface area contributed by atoms with E-state index in [4.69, 9.17) is 20.8 Å². The van der Waals surface area contributed by atoms with Crippen molar-refractivity contribution in [3.8, 4) is 0 Å². The van der Waals surface area contributed by atoms with Crippen LogP contribution in [0.3, 0.4) is 0 Å². The molecule has 0 radical (unpaired) electrons. The lowest BCUT2D eigenvalue weighted by Gasteiger charge is -2.19. The van der Waals surface area contributed by atoms with Gasteiger partial charge in [-0.15, -0.1) is 0 Å². The maximum atomic E-state index is 10.2. The zero-order chi connectivity index (χ0) is 12.5. The van der Waals surface area contributed by atoms with Gasteiger partial charge in [0.2, 0.25) is 0 Å². The molecule has 0 aliphatic heterocycles. The standard InChI is InChI=1S/C13H15ClO3/c1-3-16-8-13(2,15)11-7-9-5-4-6-10(14)12(9)17-11/h4-7,15H,3,8H2,1-2H3. The molecule has 92 valence electrons. The zero-order valence-corrected chi connectivity index (χ0v) is 10.6. The third-order valence-electron chi connectivity index (χ3n) is 2.61. The molecule has 3 nitrogen and oxygen atoms in total. The van der Waals surface area contributed by atoms with Crippen LogP contribution in [-0.2, 0) is 10.3 Å². The molecular formula is C13H15ClO3. The van der Waals surface area contributed by atoms with E-state index in [1.165, 1.54) is 0 Å². The molecule has 1 heterocycles. The second-order valence-electron chi connectivity index (χ2n) is 4.18. The number of aliphatic hydroxyl groups is 1. The minimum atomic E-state index is -1.14. The Kier molecular flexibility index (Phi) is 3.43. The van der Waals surface area contributed by atoms with Crippen LogP contribution in [-0.4, -0.2) is 18.3 Å². The highest BCUT2D eigenvalue weighted by atomic mass is 35.5. The van der Waals surface area contributed by atoms with E-state index in [9.17, 15) is 5.11 Å². The van der Waals surface area contributed by atoms with Crippen molar-refractivity contribution >= 4 is 22.6 Å². The number of furan rings is 1.